The Hall–Kier alpha value is -1.33. The van der Waals surface area contributed by atoms with Gasteiger partial charge in [0, 0.05) is 11.6 Å². The first-order chi connectivity index (χ1) is 10.0. The lowest BCUT2D eigenvalue weighted by atomic mass is 9.76. The van der Waals surface area contributed by atoms with E-state index in [1.165, 1.54) is 0 Å². The Labute approximate surface area is 133 Å². The molecule has 5 heteroatoms. The number of amides is 1. The minimum absolute atomic E-state index is 0.00345. The summed E-state index contributed by atoms with van der Waals surface area (Å²) in [4.78, 5) is 11.9. The van der Waals surface area contributed by atoms with Crippen LogP contribution in [-0.4, -0.2) is 24.2 Å². The van der Waals surface area contributed by atoms with Crippen LogP contribution in [0.5, 0.6) is 0 Å². The molecule has 1 N–H and O–H groups in total. The maximum absolute atomic E-state index is 11.9. The summed E-state index contributed by atoms with van der Waals surface area (Å²) in [6.07, 6.45) is 0. The number of hydrogen-bond acceptors (Lipinski definition) is 3. The van der Waals surface area contributed by atoms with Crippen LogP contribution in [0, 0.1) is 12.8 Å². The van der Waals surface area contributed by atoms with Crippen LogP contribution in [0.2, 0.25) is 0 Å². The zero-order valence-corrected chi connectivity index (χ0v) is 14.6. The number of anilines is 1. The van der Waals surface area contributed by atoms with Crippen molar-refractivity contribution in [1.82, 2.24) is 0 Å². The predicted molar refractivity (Wildman–Crippen MR) is 90.4 cm³/mol. The molecule has 1 aliphatic heterocycles. The van der Waals surface area contributed by atoms with Gasteiger partial charge in [-0.25, -0.2) is 0 Å². The van der Waals surface area contributed by atoms with Crippen LogP contribution in [0.1, 0.15) is 47.1 Å². The standard InChI is InChI=1S/C17H26BNO3/c1-11(2)15(20)19-13-9-8-12(3)14(10-13)18-21-16(4,5)17(6,7)22-18/h8-11H,1-7H3,(H,19,20). The van der Waals surface area contributed by atoms with Crippen molar-refractivity contribution in [3.05, 3.63) is 23.8 Å². The molecule has 0 bridgehead atoms. The minimum Gasteiger partial charge on any atom is -0.399 e. The van der Waals surface area contributed by atoms with Crippen molar-refractivity contribution in [2.75, 3.05) is 5.32 Å². The molecular formula is C17H26BNO3. The van der Waals surface area contributed by atoms with Crippen LogP contribution in [0.4, 0.5) is 5.69 Å². The lowest BCUT2D eigenvalue weighted by Crippen LogP contribution is -2.41. The molecule has 1 amide bonds. The summed E-state index contributed by atoms with van der Waals surface area (Å²) in [5.74, 6) is -0.0506. The fourth-order valence-electron chi connectivity index (χ4n) is 2.23. The van der Waals surface area contributed by atoms with E-state index >= 15 is 0 Å². The minimum atomic E-state index is -0.416. The van der Waals surface area contributed by atoms with E-state index in [0.29, 0.717) is 0 Å². The fraction of sp³-hybridized carbons (Fsp3) is 0.588. The van der Waals surface area contributed by atoms with E-state index in [4.69, 9.17) is 9.31 Å². The molecule has 4 nitrogen and oxygen atoms in total. The third-order valence-electron chi connectivity index (χ3n) is 4.58. The Morgan fingerprint density at radius 1 is 1.14 bits per heavy atom. The van der Waals surface area contributed by atoms with Gasteiger partial charge in [-0.05, 0) is 52.2 Å². The van der Waals surface area contributed by atoms with Gasteiger partial charge in [-0.3, -0.25) is 4.79 Å². The second-order valence-electron chi connectivity index (χ2n) is 7.30. The van der Waals surface area contributed by atoms with Crippen LogP contribution >= 0.6 is 0 Å². The van der Waals surface area contributed by atoms with Gasteiger partial charge in [-0.15, -0.1) is 0 Å². The number of carbonyl (C=O) groups is 1. The summed E-state index contributed by atoms with van der Waals surface area (Å²) in [5.41, 5.74) is 2.07. The quantitative estimate of drug-likeness (QED) is 0.873. The smallest absolute Gasteiger partial charge is 0.399 e. The summed E-state index contributed by atoms with van der Waals surface area (Å²) in [6.45, 7) is 13.9. The molecule has 0 spiro atoms. The SMILES string of the molecule is Cc1ccc(NC(=O)C(C)C)cc1B1OC(C)(C)C(C)(C)O1. The van der Waals surface area contributed by atoms with Crippen molar-refractivity contribution in [3.8, 4) is 0 Å². The van der Waals surface area contributed by atoms with Gasteiger partial charge in [0.1, 0.15) is 0 Å². The number of hydrogen-bond donors (Lipinski definition) is 1. The molecule has 1 aromatic carbocycles. The predicted octanol–water partition coefficient (Wildman–Crippen LogP) is 2.89. The first-order valence-electron chi connectivity index (χ1n) is 7.80. The Morgan fingerprint density at radius 2 is 1.68 bits per heavy atom. The molecule has 0 saturated carbocycles. The van der Waals surface area contributed by atoms with Gasteiger partial charge in [0.25, 0.3) is 0 Å². The summed E-state index contributed by atoms with van der Waals surface area (Å²) in [7, 11) is -0.416. The Kier molecular flexibility index (Phi) is 4.42. The third kappa shape index (κ3) is 3.20. The molecule has 1 aromatic rings. The summed E-state index contributed by atoms with van der Waals surface area (Å²) in [5, 5.41) is 2.92. The van der Waals surface area contributed by atoms with E-state index in [9.17, 15) is 4.79 Å². The normalized spacial score (nSPS) is 19.5. The maximum atomic E-state index is 11.9. The first kappa shape index (κ1) is 17.0. The highest BCUT2D eigenvalue weighted by molar-refractivity contribution is 6.62. The highest BCUT2D eigenvalue weighted by Gasteiger charge is 2.52. The van der Waals surface area contributed by atoms with Crippen LogP contribution in [0.25, 0.3) is 0 Å². The van der Waals surface area contributed by atoms with Crippen molar-refractivity contribution < 1.29 is 14.1 Å². The van der Waals surface area contributed by atoms with E-state index in [-0.39, 0.29) is 23.0 Å². The third-order valence-corrected chi connectivity index (χ3v) is 4.58. The number of carbonyl (C=O) groups excluding carboxylic acids is 1. The van der Waals surface area contributed by atoms with E-state index in [1.54, 1.807) is 0 Å². The van der Waals surface area contributed by atoms with E-state index in [1.807, 2.05) is 66.7 Å². The lowest BCUT2D eigenvalue weighted by Gasteiger charge is -2.32. The number of aryl methyl sites for hydroxylation is 1. The van der Waals surface area contributed by atoms with E-state index in [2.05, 4.69) is 5.32 Å². The van der Waals surface area contributed by atoms with Gasteiger partial charge in [-0.2, -0.15) is 0 Å². The molecule has 2 rings (SSSR count). The molecule has 120 valence electrons. The fourth-order valence-corrected chi connectivity index (χ4v) is 2.23. The number of rotatable bonds is 3. The van der Waals surface area contributed by atoms with Crippen LogP contribution in [0.3, 0.4) is 0 Å². The van der Waals surface area contributed by atoms with Crippen LogP contribution in [-0.2, 0) is 14.1 Å². The molecule has 0 aliphatic carbocycles. The van der Waals surface area contributed by atoms with Gasteiger partial charge in [0.2, 0.25) is 5.91 Å². The molecule has 0 aromatic heterocycles. The van der Waals surface area contributed by atoms with Crippen molar-refractivity contribution in [1.29, 1.82) is 0 Å². The molecule has 22 heavy (non-hydrogen) atoms. The van der Waals surface area contributed by atoms with Crippen molar-refractivity contribution >= 4 is 24.2 Å². The second-order valence-corrected chi connectivity index (χ2v) is 7.30. The molecule has 0 unspecified atom stereocenters. The monoisotopic (exact) mass is 303 g/mol. The Bertz CT molecular complexity index is 565. The Morgan fingerprint density at radius 3 is 2.18 bits per heavy atom. The molecule has 1 aliphatic rings. The topological polar surface area (TPSA) is 47.6 Å². The van der Waals surface area contributed by atoms with Crippen LogP contribution < -0.4 is 10.8 Å². The van der Waals surface area contributed by atoms with Gasteiger partial charge < -0.3 is 14.6 Å². The van der Waals surface area contributed by atoms with Crippen molar-refractivity contribution in [2.24, 2.45) is 5.92 Å². The average Bonchev–Trinajstić information content (AvgIpc) is 2.60. The molecule has 0 atom stereocenters. The largest absolute Gasteiger partial charge is 0.495 e. The van der Waals surface area contributed by atoms with Crippen LogP contribution in [0.15, 0.2) is 18.2 Å². The van der Waals surface area contributed by atoms with E-state index < -0.39 is 7.12 Å². The molecular weight excluding hydrogens is 277 g/mol. The first-order valence-corrected chi connectivity index (χ1v) is 7.80. The lowest BCUT2D eigenvalue weighted by molar-refractivity contribution is -0.118. The summed E-state index contributed by atoms with van der Waals surface area (Å²) < 4.78 is 12.2. The maximum Gasteiger partial charge on any atom is 0.495 e. The summed E-state index contributed by atoms with van der Waals surface area (Å²) >= 11 is 0. The zero-order chi connectivity index (χ0) is 16.7. The summed E-state index contributed by atoms with van der Waals surface area (Å²) in [6, 6.07) is 5.83. The molecule has 1 saturated heterocycles. The second kappa shape index (κ2) is 5.71. The number of nitrogens with one attached hydrogen (secondary N) is 1. The van der Waals surface area contributed by atoms with E-state index in [0.717, 1.165) is 16.7 Å². The molecule has 1 heterocycles. The zero-order valence-electron chi connectivity index (χ0n) is 14.6. The molecule has 1 fully saturated rings. The van der Waals surface area contributed by atoms with Gasteiger partial charge in [0.05, 0.1) is 11.2 Å². The van der Waals surface area contributed by atoms with Gasteiger partial charge in [0.15, 0.2) is 0 Å². The highest BCUT2D eigenvalue weighted by Crippen LogP contribution is 2.36. The molecule has 0 radical (unpaired) electrons. The average molecular weight is 303 g/mol. The number of benzene rings is 1. The van der Waals surface area contributed by atoms with Crippen molar-refractivity contribution in [3.63, 3.8) is 0 Å². The Balaban J connectivity index is 2.27. The van der Waals surface area contributed by atoms with Gasteiger partial charge in [-0.1, -0.05) is 25.5 Å². The van der Waals surface area contributed by atoms with Gasteiger partial charge >= 0.3 is 7.12 Å². The van der Waals surface area contributed by atoms with Crippen molar-refractivity contribution in [2.45, 2.75) is 59.7 Å². The highest BCUT2D eigenvalue weighted by atomic mass is 16.7.